The van der Waals surface area contributed by atoms with Crippen LogP contribution in [0.4, 0.5) is 14.6 Å². The van der Waals surface area contributed by atoms with Crippen LogP contribution in [0.2, 0.25) is 0 Å². The Morgan fingerprint density at radius 3 is 2.69 bits per heavy atom. The number of anilines is 1. The molecule has 0 amide bonds. The van der Waals surface area contributed by atoms with Gasteiger partial charge in [0.15, 0.2) is 10.4 Å². The van der Waals surface area contributed by atoms with Gasteiger partial charge in [0.2, 0.25) is 0 Å². The van der Waals surface area contributed by atoms with Gasteiger partial charge in [0, 0.05) is 0 Å². The Morgan fingerprint density at radius 2 is 2.23 bits per heavy atom. The van der Waals surface area contributed by atoms with Crippen molar-refractivity contribution >= 4 is 21.7 Å². The fraction of sp³-hybridized carbons (Fsp3) is 0.286. The molecule has 0 aliphatic carbocycles. The Bertz CT molecular complexity index is 320. The van der Waals surface area contributed by atoms with Gasteiger partial charge in [-0.25, -0.2) is 13.8 Å². The third-order valence-corrected chi connectivity index (χ3v) is 1.96. The van der Waals surface area contributed by atoms with Crippen molar-refractivity contribution in [2.45, 2.75) is 6.43 Å². The Hall–Kier alpha value is -0.910. The number of hydrogen-bond acceptors (Lipinski definition) is 3. The molecule has 0 unspecified atom stereocenters. The minimum Gasteiger partial charge on any atom is -0.493 e. The molecule has 1 heterocycles. The molecular weight excluding hydrogens is 246 g/mol. The van der Waals surface area contributed by atoms with Crippen LogP contribution in [0.25, 0.3) is 0 Å². The molecule has 0 saturated carbocycles. The second-order valence-corrected chi connectivity index (χ2v) is 3.01. The number of aromatic nitrogens is 1. The van der Waals surface area contributed by atoms with E-state index in [0.29, 0.717) is 0 Å². The lowest BCUT2D eigenvalue weighted by molar-refractivity contribution is 0.147. The van der Waals surface area contributed by atoms with Gasteiger partial charge in [0.25, 0.3) is 6.43 Å². The van der Waals surface area contributed by atoms with Gasteiger partial charge in [0.1, 0.15) is 5.82 Å². The van der Waals surface area contributed by atoms with Gasteiger partial charge < -0.3 is 10.5 Å². The van der Waals surface area contributed by atoms with Gasteiger partial charge >= 0.3 is 0 Å². The van der Waals surface area contributed by atoms with Crippen LogP contribution in [-0.2, 0) is 0 Å². The molecule has 13 heavy (non-hydrogen) atoms. The van der Waals surface area contributed by atoms with Crippen LogP contribution < -0.4 is 10.5 Å². The number of pyridine rings is 1. The van der Waals surface area contributed by atoms with Crippen molar-refractivity contribution < 1.29 is 13.5 Å². The smallest absolute Gasteiger partial charge is 0.267 e. The van der Waals surface area contributed by atoms with Crippen molar-refractivity contribution in [2.24, 2.45) is 0 Å². The number of methoxy groups -OCH3 is 1. The summed E-state index contributed by atoms with van der Waals surface area (Å²) in [6.07, 6.45) is -2.63. The number of rotatable bonds is 2. The van der Waals surface area contributed by atoms with E-state index in [1.54, 1.807) is 0 Å². The summed E-state index contributed by atoms with van der Waals surface area (Å²) in [7, 11) is 1.30. The minimum absolute atomic E-state index is 0.0178. The van der Waals surface area contributed by atoms with Crippen LogP contribution in [0.15, 0.2) is 10.7 Å². The molecule has 0 bridgehead atoms. The summed E-state index contributed by atoms with van der Waals surface area (Å²) in [6.45, 7) is 0. The molecule has 2 N–H and O–H groups in total. The predicted octanol–water partition coefficient (Wildman–Crippen LogP) is 2.37. The molecule has 6 heteroatoms. The lowest BCUT2D eigenvalue weighted by Gasteiger charge is -2.09. The predicted molar refractivity (Wildman–Crippen MR) is 47.9 cm³/mol. The summed E-state index contributed by atoms with van der Waals surface area (Å²) in [4.78, 5) is 3.72. The summed E-state index contributed by atoms with van der Waals surface area (Å²) in [5.41, 5.74) is 5.03. The molecule has 0 saturated heterocycles. The maximum atomic E-state index is 12.4. The third kappa shape index (κ3) is 2.06. The van der Waals surface area contributed by atoms with Crippen molar-refractivity contribution in [1.29, 1.82) is 0 Å². The summed E-state index contributed by atoms with van der Waals surface area (Å²) < 4.78 is 29.7. The highest BCUT2D eigenvalue weighted by Crippen LogP contribution is 2.35. The third-order valence-electron chi connectivity index (χ3n) is 1.42. The second-order valence-electron chi connectivity index (χ2n) is 2.26. The fourth-order valence-electron chi connectivity index (χ4n) is 0.905. The Kier molecular flexibility index (Phi) is 3.02. The molecule has 0 fully saturated rings. The standard InChI is InChI=1S/C7H7BrF2N2O/c1-13-5-3(7(9)10)2-4(11)12-6(5)8/h2,7H,1H3,(H2,11,12). The maximum Gasteiger partial charge on any atom is 0.267 e. The van der Waals surface area contributed by atoms with Crippen LogP contribution in [0.5, 0.6) is 5.75 Å². The summed E-state index contributed by atoms with van der Waals surface area (Å²) in [6, 6.07) is 1.09. The van der Waals surface area contributed by atoms with Crippen molar-refractivity contribution in [3.63, 3.8) is 0 Å². The molecule has 0 aliphatic rings. The molecule has 3 nitrogen and oxygen atoms in total. The average Bonchev–Trinajstić information content (AvgIpc) is 2.02. The zero-order chi connectivity index (χ0) is 10.0. The first-order valence-corrected chi connectivity index (χ1v) is 4.13. The maximum absolute atomic E-state index is 12.4. The van der Waals surface area contributed by atoms with Crippen LogP contribution in [0.3, 0.4) is 0 Å². The average molecular weight is 253 g/mol. The van der Waals surface area contributed by atoms with Crippen LogP contribution in [0.1, 0.15) is 12.0 Å². The van der Waals surface area contributed by atoms with E-state index in [1.807, 2.05) is 0 Å². The van der Waals surface area contributed by atoms with Crippen molar-refractivity contribution in [1.82, 2.24) is 4.98 Å². The highest BCUT2D eigenvalue weighted by molar-refractivity contribution is 9.10. The van der Waals surface area contributed by atoms with E-state index in [-0.39, 0.29) is 21.7 Å². The second kappa shape index (κ2) is 3.87. The molecule has 1 rings (SSSR count). The number of halogens is 3. The molecule has 0 radical (unpaired) electrons. The summed E-state index contributed by atoms with van der Waals surface area (Å²) in [5.74, 6) is 0.0483. The van der Waals surface area contributed by atoms with Crippen LogP contribution in [-0.4, -0.2) is 12.1 Å². The van der Waals surface area contributed by atoms with Gasteiger partial charge in [-0.05, 0) is 22.0 Å². The highest BCUT2D eigenvalue weighted by Gasteiger charge is 2.18. The van der Waals surface area contributed by atoms with Gasteiger partial charge in [-0.1, -0.05) is 0 Å². The first-order chi connectivity index (χ1) is 6.06. The van der Waals surface area contributed by atoms with E-state index in [2.05, 4.69) is 20.9 Å². The monoisotopic (exact) mass is 252 g/mol. The van der Waals surface area contributed by atoms with Crippen LogP contribution >= 0.6 is 15.9 Å². The molecular formula is C7H7BrF2N2O. The van der Waals surface area contributed by atoms with E-state index in [1.165, 1.54) is 7.11 Å². The number of nitrogens with zero attached hydrogens (tertiary/aromatic N) is 1. The Balaban J connectivity index is 3.29. The number of nitrogen functional groups attached to an aromatic ring is 1. The molecule has 1 aromatic rings. The van der Waals surface area contributed by atoms with E-state index >= 15 is 0 Å². The molecule has 0 atom stereocenters. The van der Waals surface area contributed by atoms with Gasteiger partial charge in [-0.15, -0.1) is 0 Å². The number of ether oxygens (including phenoxy) is 1. The van der Waals surface area contributed by atoms with E-state index < -0.39 is 6.43 Å². The molecule has 0 spiro atoms. The number of nitrogens with two attached hydrogens (primary N) is 1. The first kappa shape index (κ1) is 10.2. The molecule has 0 aliphatic heterocycles. The van der Waals surface area contributed by atoms with E-state index in [9.17, 15) is 8.78 Å². The lowest BCUT2D eigenvalue weighted by Crippen LogP contribution is -1.99. The molecule has 1 aromatic heterocycles. The van der Waals surface area contributed by atoms with Crippen LogP contribution in [0, 0.1) is 0 Å². The van der Waals surface area contributed by atoms with Crippen molar-refractivity contribution in [2.75, 3.05) is 12.8 Å². The van der Waals surface area contributed by atoms with Gasteiger partial charge in [-0.3, -0.25) is 0 Å². The largest absolute Gasteiger partial charge is 0.493 e. The van der Waals surface area contributed by atoms with Crippen molar-refractivity contribution in [3.8, 4) is 5.75 Å². The Labute approximate surface area is 82.0 Å². The van der Waals surface area contributed by atoms with E-state index in [4.69, 9.17) is 10.5 Å². The van der Waals surface area contributed by atoms with Gasteiger partial charge in [-0.2, -0.15) is 0 Å². The minimum atomic E-state index is -2.63. The number of hydrogen-bond donors (Lipinski definition) is 1. The topological polar surface area (TPSA) is 48.1 Å². The normalized spacial score (nSPS) is 10.5. The summed E-state index contributed by atoms with van der Waals surface area (Å²) in [5, 5.41) is 0. The zero-order valence-electron chi connectivity index (χ0n) is 6.72. The Morgan fingerprint density at radius 1 is 1.62 bits per heavy atom. The zero-order valence-corrected chi connectivity index (χ0v) is 8.31. The quantitative estimate of drug-likeness (QED) is 0.823. The SMILES string of the molecule is COc1c(C(F)F)cc(N)nc1Br. The lowest BCUT2D eigenvalue weighted by atomic mass is 10.2. The fourth-order valence-corrected chi connectivity index (χ4v) is 1.50. The molecule has 72 valence electrons. The van der Waals surface area contributed by atoms with Crippen molar-refractivity contribution in [3.05, 3.63) is 16.2 Å². The first-order valence-electron chi connectivity index (χ1n) is 3.34. The van der Waals surface area contributed by atoms with E-state index in [0.717, 1.165) is 6.07 Å². The highest BCUT2D eigenvalue weighted by atomic mass is 79.9. The van der Waals surface area contributed by atoms with Gasteiger partial charge in [0.05, 0.1) is 12.7 Å². The summed E-state index contributed by atoms with van der Waals surface area (Å²) >= 11 is 2.98. The number of alkyl halides is 2. The molecule has 0 aromatic carbocycles.